The first-order chi connectivity index (χ1) is 12.8. The Morgan fingerprint density at radius 2 is 1.64 bits per heavy atom. The second-order valence-corrected chi connectivity index (χ2v) is 5.96. The predicted octanol–water partition coefficient (Wildman–Crippen LogP) is 5.63. The van der Waals surface area contributed by atoms with Crippen molar-refractivity contribution >= 4 is 28.3 Å². The van der Waals surface area contributed by atoms with E-state index < -0.39 is 57.5 Å². The van der Waals surface area contributed by atoms with Gasteiger partial charge in [-0.3, -0.25) is 0 Å². The first-order valence-electron chi connectivity index (χ1n) is 7.22. The molecule has 0 radical (unpaired) electrons. The van der Waals surface area contributed by atoms with Gasteiger partial charge in [0.05, 0.1) is 27.2 Å². The quantitative estimate of drug-likeness (QED) is 0.536. The third-order valence-corrected chi connectivity index (χ3v) is 4.01. The molecular formula is C15H7ClF8N4. The molecule has 0 amide bonds. The number of rotatable bonds is 2. The molecule has 3 rings (SSSR count). The summed E-state index contributed by atoms with van der Waals surface area (Å²) in [5.41, 5.74) is 0.879. The lowest BCUT2D eigenvalue weighted by molar-refractivity contribution is -0.140. The van der Waals surface area contributed by atoms with Crippen molar-refractivity contribution in [3.63, 3.8) is 0 Å². The van der Waals surface area contributed by atoms with Gasteiger partial charge in [0.15, 0.2) is 5.69 Å². The van der Waals surface area contributed by atoms with E-state index in [4.69, 9.17) is 17.3 Å². The maximum absolute atomic E-state index is 13.3. The van der Waals surface area contributed by atoms with Crippen LogP contribution in [0.1, 0.15) is 23.4 Å². The van der Waals surface area contributed by atoms with E-state index in [0.717, 1.165) is 6.07 Å². The molecule has 0 aliphatic carbocycles. The molecule has 2 aromatic heterocycles. The van der Waals surface area contributed by atoms with Crippen LogP contribution in [-0.4, -0.2) is 14.8 Å². The van der Waals surface area contributed by atoms with Crippen molar-refractivity contribution in [1.82, 2.24) is 14.8 Å². The molecule has 150 valence electrons. The van der Waals surface area contributed by atoms with E-state index in [2.05, 4.69) is 10.1 Å². The SMILES string of the molecule is Nc1c2c(C(F)(F)F)nc(C(F)F)cc2nn1-c1ccc(C(F)(F)F)cc1Cl. The van der Waals surface area contributed by atoms with Crippen molar-refractivity contribution < 1.29 is 35.1 Å². The highest BCUT2D eigenvalue weighted by Crippen LogP contribution is 2.40. The number of halogens is 9. The van der Waals surface area contributed by atoms with Crippen LogP contribution in [0.5, 0.6) is 0 Å². The van der Waals surface area contributed by atoms with Crippen LogP contribution >= 0.6 is 11.6 Å². The summed E-state index contributed by atoms with van der Waals surface area (Å²) in [5, 5.41) is 2.43. The fraction of sp³-hybridized carbons (Fsp3) is 0.200. The van der Waals surface area contributed by atoms with Crippen LogP contribution in [0.4, 0.5) is 40.9 Å². The highest BCUT2D eigenvalue weighted by atomic mass is 35.5. The normalized spacial score (nSPS) is 12.9. The van der Waals surface area contributed by atoms with Gasteiger partial charge in [-0.15, -0.1) is 0 Å². The van der Waals surface area contributed by atoms with Crippen LogP contribution in [0.25, 0.3) is 16.6 Å². The smallest absolute Gasteiger partial charge is 0.383 e. The summed E-state index contributed by atoms with van der Waals surface area (Å²) in [6.45, 7) is 0. The first-order valence-corrected chi connectivity index (χ1v) is 7.60. The highest BCUT2D eigenvalue weighted by molar-refractivity contribution is 6.32. The number of pyridine rings is 1. The second-order valence-electron chi connectivity index (χ2n) is 5.55. The van der Waals surface area contributed by atoms with Crippen LogP contribution in [0.2, 0.25) is 5.02 Å². The molecule has 0 fully saturated rings. The third kappa shape index (κ3) is 3.43. The first kappa shape index (κ1) is 20.1. The summed E-state index contributed by atoms with van der Waals surface area (Å²) in [6, 6.07) is 2.62. The number of benzene rings is 1. The van der Waals surface area contributed by atoms with Crippen LogP contribution in [0.15, 0.2) is 24.3 Å². The van der Waals surface area contributed by atoms with Gasteiger partial charge in [0.1, 0.15) is 11.5 Å². The topological polar surface area (TPSA) is 56.7 Å². The number of nitrogen functional groups attached to an aromatic ring is 1. The molecule has 0 spiro atoms. The molecule has 13 heteroatoms. The molecule has 0 atom stereocenters. The summed E-state index contributed by atoms with van der Waals surface area (Å²) in [5.74, 6) is -0.669. The molecule has 4 nitrogen and oxygen atoms in total. The summed E-state index contributed by atoms with van der Waals surface area (Å²) in [6.07, 6.45) is -13.1. The third-order valence-electron chi connectivity index (χ3n) is 3.71. The fourth-order valence-electron chi connectivity index (χ4n) is 2.51. The molecule has 0 aliphatic rings. The monoisotopic (exact) mass is 430 g/mol. The molecule has 0 unspecified atom stereocenters. The van der Waals surface area contributed by atoms with Crippen LogP contribution in [-0.2, 0) is 12.4 Å². The molecule has 0 aliphatic heterocycles. The summed E-state index contributed by atoms with van der Waals surface area (Å²) in [7, 11) is 0. The minimum atomic E-state index is -5.13. The Bertz CT molecular complexity index is 1050. The zero-order chi connectivity index (χ0) is 21.0. The Labute approximate surface area is 155 Å². The van der Waals surface area contributed by atoms with E-state index in [9.17, 15) is 35.1 Å². The van der Waals surface area contributed by atoms with Gasteiger partial charge in [0, 0.05) is 0 Å². The number of hydrogen-bond donors (Lipinski definition) is 1. The summed E-state index contributed by atoms with van der Waals surface area (Å²) in [4.78, 5) is 2.92. The minimum absolute atomic E-state index is 0.268. The Balaban J connectivity index is 2.28. The van der Waals surface area contributed by atoms with Gasteiger partial charge >= 0.3 is 12.4 Å². The average Bonchev–Trinajstić information content (AvgIpc) is 2.89. The Morgan fingerprint density at radius 3 is 2.14 bits per heavy atom. The van der Waals surface area contributed by atoms with Crippen molar-refractivity contribution in [2.45, 2.75) is 18.8 Å². The number of nitrogens with zero attached hydrogens (tertiary/aromatic N) is 3. The van der Waals surface area contributed by atoms with Crippen LogP contribution in [0, 0.1) is 0 Å². The van der Waals surface area contributed by atoms with Gasteiger partial charge in [-0.05, 0) is 24.3 Å². The molecule has 0 bridgehead atoms. The lowest BCUT2D eigenvalue weighted by Crippen LogP contribution is -2.11. The zero-order valence-electron chi connectivity index (χ0n) is 13.2. The van der Waals surface area contributed by atoms with Crippen molar-refractivity contribution in [3.05, 3.63) is 46.2 Å². The standard InChI is InChI=1S/C15H7ClF8N4/c16-6-3-5(14(19,20)21)1-2-9(6)28-13(25)10-7(27-28)4-8(12(17)18)26-11(10)15(22,23)24/h1-4,12H,25H2. The number of aromatic nitrogens is 3. The van der Waals surface area contributed by atoms with Gasteiger partial charge in [-0.1, -0.05) is 11.6 Å². The van der Waals surface area contributed by atoms with Gasteiger partial charge in [-0.25, -0.2) is 18.4 Å². The molecule has 0 saturated heterocycles. The Morgan fingerprint density at radius 1 is 1.00 bits per heavy atom. The van der Waals surface area contributed by atoms with E-state index >= 15 is 0 Å². The largest absolute Gasteiger partial charge is 0.434 e. The molecule has 2 heterocycles. The highest BCUT2D eigenvalue weighted by Gasteiger charge is 2.38. The maximum atomic E-state index is 13.3. The fourth-order valence-corrected chi connectivity index (χ4v) is 2.77. The number of fused-ring (bicyclic) bond motifs is 1. The van der Waals surface area contributed by atoms with E-state index in [1.807, 2.05) is 0 Å². The van der Waals surface area contributed by atoms with E-state index in [-0.39, 0.29) is 5.69 Å². The van der Waals surface area contributed by atoms with E-state index in [0.29, 0.717) is 22.9 Å². The van der Waals surface area contributed by atoms with Crippen molar-refractivity contribution in [2.75, 3.05) is 5.73 Å². The molecule has 0 saturated carbocycles. The molecule has 1 aromatic carbocycles. The molecule has 28 heavy (non-hydrogen) atoms. The lowest BCUT2D eigenvalue weighted by atomic mass is 10.2. The second kappa shape index (κ2) is 6.47. The van der Waals surface area contributed by atoms with Crippen LogP contribution < -0.4 is 5.73 Å². The number of anilines is 1. The zero-order valence-corrected chi connectivity index (χ0v) is 14.0. The van der Waals surface area contributed by atoms with Crippen LogP contribution in [0.3, 0.4) is 0 Å². The Hall–Kier alpha value is -2.63. The average molecular weight is 431 g/mol. The van der Waals surface area contributed by atoms with Gasteiger partial charge in [0.2, 0.25) is 0 Å². The van der Waals surface area contributed by atoms with Gasteiger partial charge < -0.3 is 5.73 Å². The lowest BCUT2D eigenvalue weighted by Gasteiger charge is -2.11. The summed E-state index contributed by atoms with van der Waals surface area (Å²) >= 11 is 5.81. The molecular weight excluding hydrogens is 424 g/mol. The predicted molar refractivity (Wildman–Crippen MR) is 83.2 cm³/mol. The molecule has 3 aromatic rings. The number of hydrogen-bond acceptors (Lipinski definition) is 3. The minimum Gasteiger partial charge on any atom is -0.383 e. The summed E-state index contributed by atoms with van der Waals surface area (Å²) < 4.78 is 104. The van der Waals surface area contributed by atoms with Crippen molar-refractivity contribution in [3.8, 4) is 5.69 Å². The van der Waals surface area contributed by atoms with E-state index in [1.54, 1.807) is 0 Å². The number of alkyl halides is 8. The molecule has 2 N–H and O–H groups in total. The Kier molecular flexibility index (Phi) is 4.64. The van der Waals surface area contributed by atoms with E-state index in [1.165, 1.54) is 0 Å². The van der Waals surface area contributed by atoms with Crippen molar-refractivity contribution in [1.29, 1.82) is 0 Å². The van der Waals surface area contributed by atoms with Gasteiger partial charge in [0.25, 0.3) is 6.43 Å². The number of nitrogens with two attached hydrogens (primary N) is 1. The van der Waals surface area contributed by atoms with Gasteiger partial charge in [-0.2, -0.15) is 31.4 Å². The van der Waals surface area contributed by atoms with Crippen molar-refractivity contribution in [2.24, 2.45) is 0 Å². The maximum Gasteiger partial charge on any atom is 0.434 e.